The van der Waals surface area contributed by atoms with E-state index < -0.39 is 5.67 Å². The number of rotatable bonds is 6. The maximum absolute atomic E-state index is 14.0. The van der Waals surface area contributed by atoms with E-state index in [0.29, 0.717) is 12.8 Å². The molecule has 0 aliphatic rings. The van der Waals surface area contributed by atoms with E-state index in [9.17, 15) is 4.39 Å². The maximum atomic E-state index is 14.0. The second kappa shape index (κ2) is 5.47. The molecule has 0 fully saturated rings. The third-order valence-corrected chi connectivity index (χ3v) is 3.24. The molecule has 0 saturated carbocycles. The van der Waals surface area contributed by atoms with Crippen molar-refractivity contribution >= 4 is 11.3 Å². The van der Waals surface area contributed by atoms with Gasteiger partial charge in [-0.3, -0.25) is 0 Å². The van der Waals surface area contributed by atoms with E-state index in [4.69, 9.17) is 5.73 Å². The van der Waals surface area contributed by atoms with Crippen molar-refractivity contribution in [2.75, 3.05) is 6.54 Å². The Labute approximate surface area is 89.1 Å². The molecule has 14 heavy (non-hydrogen) atoms. The highest BCUT2D eigenvalue weighted by molar-refractivity contribution is 7.07. The zero-order valence-corrected chi connectivity index (χ0v) is 9.45. The summed E-state index contributed by atoms with van der Waals surface area (Å²) in [5.74, 6) is 0. The van der Waals surface area contributed by atoms with Crippen molar-refractivity contribution in [2.24, 2.45) is 5.73 Å². The molecule has 1 aromatic rings. The van der Waals surface area contributed by atoms with Crippen LogP contribution in [-0.4, -0.2) is 12.2 Å². The molecule has 80 valence electrons. The van der Waals surface area contributed by atoms with Crippen LogP contribution in [0.4, 0.5) is 4.39 Å². The van der Waals surface area contributed by atoms with Crippen LogP contribution in [0.15, 0.2) is 16.8 Å². The number of thiophene rings is 1. The molecule has 1 heterocycles. The van der Waals surface area contributed by atoms with Crippen LogP contribution in [0.5, 0.6) is 0 Å². The van der Waals surface area contributed by atoms with Gasteiger partial charge in [-0.1, -0.05) is 13.3 Å². The molecule has 0 radical (unpaired) electrons. The van der Waals surface area contributed by atoms with Gasteiger partial charge >= 0.3 is 0 Å². The maximum Gasteiger partial charge on any atom is 0.123 e. The number of alkyl halides is 1. The quantitative estimate of drug-likeness (QED) is 0.775. The summed E-state index contributed by atoms with van der Waals surface area (Å²) in [4.78, 5) is 0. The van der Waals surface area contributed by atoms with Gasteiger partial charge in [0.1, 0.15) is 5.67 Å². The Morgan fingerprint density at radius 3 is 2.79 bits per heavy atom. The molecule has 1 nitrogen and oxygen atoms in total. The minimum absolute atomic E-state index is 0.144. The lowest BCUT2D eigenvalue weighted by molar-refractivity contribution is 0.146. The summed E-state index contributed by atoms with van der Waals surface area (Å²) in [6, 6.07) is 2.05. The van der Waals surface area contributed by atoms with Crippen molar-refractivity contribution in [3.63, 3.8) is 0 Å². The molecule has 3 heteroatoms. The molecule has 0 saturated heterocycles. The molecule has 0 aromatic carbocycles. The van der Waals surface area contributed by atoms with E-state index in [-0.39, 0.29) is 6.54 Å². The van der Waals surface area contributed by atoms with Gasteiger partial charge in [-0.05, 0) is 41.7 Å². The zero-order valence-electron chi connectivity index (χ0n) is 8.63. The smallest absolute Gasteiger partial charge is 0.123 e. The van der Waals surface area contributed by atoms with Crippen LogP contribution in [0.2, 0.25) is 0 Å². The first-order valence-electron chi connectivity index (χ1n) is 5.10. The first-order valence-corrected chi connectivity index (χ1v) is 6.04. The summed E-state index contributed by atoms with van der Waals surface area (Å²) in [6.45, 7) is 2.14. The fourth-order valence-corrected chi connectivity index (χ4v) is 2.28. The molecular weight excluding hydrogens is 197 g/mol. The van der Waals surface area contributed by atoms with E-state index in [2.05, 4.69) is 5.38 Å². The van der Waals surface area contributed by atoms with Crippen molar-refractivity contribution in [3.8, 4) is 0 Å². The van der Waals surface area contributed by atoms with Gasteiger partial charge in [-0.2, -0.15) is 11.3 Å². The Bertz CT molecular complexity index is 248. The van der Waals surface area contributed by atoms with Crippen LogP contribution in [0.1, 0.15) is 31.7 Å². The lowest BCUT2D eigenvalue weighted by atomic mass is 9.93. The van der Waals surface area contributed by atoms with Crippen molar-refractivity contribution in [1.82, 2.24) is 0 Å². The molecule has 1 atom stereocenters. The van der Waals surface area contributed by atoms with E-state index in [0.717, 1.165) is 12.8 Å². The van der Waals surface area contributed by atoms with Crippen molar-refractivity contribution < 1.29 is 4.39 Å². The summed E-state index contributed by atoms with van der Waals surface area (Å²) in [7, 11) is 0. The first-order chi connectivity index (χ1) is 6.70. The number of hydrogen-bond donors (Lipinski definition) is 1. The van der Waals surface area contributed by atoms with Gasteiger partial charge in [0, 0.05) is 6.54 Å². The normalized spacial score (nSPS) is 15.4. The number of halogens is 1. The highest BCUT2D eigenvalue weighted by Crippen LogP contribution is 2.24. The molecular formula is C11H18FNS. The highest BCUT2D eigenvalue weighted by Gasteiger charge is 2.26. The second-order valence-electron chi connectivity index (χ2n) is 3.74. The minimum atomic E-state index is -1.16. The van der Waals surface area contributed by atoms with Crippen molar-refractivity contribution in [1.29, 1.82) is 0 Å². The average Bonchev–Trinajstić information content (AvgIpc) is 2.68. The third-order valence-electron chi connectivity index (χ3n) is 2.51. The van der Waals surface area contributed by atoms with Gasteiger partial charge in [0.25, 0.3) is 0 Å². The Balaban J connectivity index is 2.41. The fourth-order valence-electron chi connectivity index (χ4n) is 1.58. The molecule has 2 N–H and O–H groups in total. The van der Waals surface area contributed by atoms with Gasteiger partial charge in [0.2, 0.25) is 0 Å². The van der Waals surface area contributed by atoms with Crippen LogP contribution in [0.3, 0.4) is 0 Å². The van der Waals surface area contributed by atoms with Gasteiger partial charge < -0.3 is 5.73 Å². The second-order valence-corrected chi connectivity index (χ2v) is 4.52. The number of aryl methyl sites for hydroxylation is 1. The Kier molecular flexibility index (Phi) is 4.55. The summed E-state index contributed by atoms with van der Waals surface area (Å²) in [6.07, 6.45) is 2.79. The lowest BCUT2D eigenvalue weighted by Gasteiger charge is -2.22. The molecule has 0 aliphatic carbocycles. The Morgan fingerprint density at radius 1 is 1.50 bits per heavy atom. The van der Waals surface area contributed by atoms with Crippen LogP contribution in [-0.2, 0) is 6.42 Å². The van der Waals surface area contributed by atoms with Crippen LogP contribution < -0.4 is 5.73 Å². The average molecular weight is 215 g/mol. The molecule has 1 unspecified atom stereocenters. The molecule has 0 spiro atoms. The Hall–Kier alpha value is -0.410. The summed E-state index contributed by atoms with van der Waals surface area (Å²) in [5.41, 5.74) is 5.53. The molecule has 0 bridgehead atoms. The summed E-state index contributed by atoms with van der Waals surface area (Å²) in [5, 5.41) is 4.10. The van der Waals surface area contributed by atoms with Crippen LogP contribution in [0.25, 0.3) is 0 Å². The fraction of sp³-hybridized carbons (Fsp3) is 0.636. The Morgan fingerprint density at radius 2 is 2.29 bits per heavy atom. The van der Waals surface area contributed by atoms with E-state index in [1.54, 1.807) is 11.3 Å². The molecule has 1 aromatic heterocycles. The van der Waals surface area contributed by atoms with Gasteiger partial charge in [0.15, 0.2) is 0 Å². The topological polar surface area (TPSA) is 26.0 Å². The minimum Gasteiger partial charge on any atom is -0.328 e. The highest BCUT2D eigenvalue weighted by atomic mass is 32.1. The molecule has 0 aliphatic heterocycles. The summed E-state index contributed by atoms with van der Waals surface area (Å²) < 4.78 is 14.0. The van der Waals surface area contributed by atoms with Gasteiger partial charge in [-0.15, -0.1) is 0 Å². The van der Waals surface area contributed by atoms with E-state index >= 15 is 0 Å². The lowest BCUT2D eigenvalue weighted by Crippen LogP contribution is -2.33. The number of hydrogen-bond acceptors (Lipinski definition) is 2. The SMILES string of the molecule is CCCC(F)(CN)CCc1ccsc1. The van der Waals surface area contributed by atoms with Gasteiger partial charge in [-0.25, -0.2) is 4.39 Å². The van der Waals surface area contributed by atoms with E-state index in [1.807, 2.05) is 18.4 Å². The van der Waals surface area contributed by atoms with Crippen LogP contribution in [0, 0.1) is 0 Å². The number of nitrogens with two attached hydrogens (primary N) is 1. The van der Waals surface area contributed by atoms with Crippen molar-refractivity contribution in [2.45, 2.75) is 38.3 Å². The third kappa shape index (κ3) is 3.39. The standard InChI is InChI=1S/C11H18FNS/c1-2-5-11(12,9-13)6-3-10-4-7-14-8-10/h4,7-8H,2-3,5-6,9,13H2,1H3. The van der Waals surface area contributed by atoms with Crippen molar-refractivity contribution in [3.05, 3.63) is 22.4 Å². The largest absolute Gasteiger partial charge is 0.328 e. The molecule has 0 amide bonds. The predicted molar refractivity (Wildman–Crippen MR) is 60.4 cm³/mol. The monoisotopic (exact) mass is 215 g/mol. The van der Waals surface area contributed by atoms with Gasteiger partial charge in [0.05, 0.1) is 0 Å². The van der Waals surface area contributed by atoms with E-state index in [1.165, 1.54) is 5.56 Å². The molecule has 1 rings (SSSR count). The summed E-state index contributed by atoms with van der Waals surface area (Å²) >= 11 is 1.66. The van der Waals surface area contributed by atoms with Crippen LogP contribution >= 0.6 is 11.3 Å². The zero-order chi connectivity index (χ0) is 10.4. The first kappa shape index (κ1) is 11.7. The predicted octanol–water partition coefficient (Wildman–Crippen LogP) is 3.15.